The van der Waals surface area contributed by atoms with Crippen molar-refractivity contribution in [3.05, 3.63) is 24.3 Å². The van der Waals surface area contributed by atoms with Gasteiger partial charge in [0.2, 0.25) is 0 Å². The van der Waals surface area contributed by atoms with E-state index >= 15 is 0 Å². The van der Waals surface area contributed by atoms with Crippen LogP contribution in [0, 0.1) is 5.41 Å². The lowest BCUT2D eigenvalue weighted by Crippen LogP contribution is -2.41. The second-order valence-corrected chi connectivity index (χ2v) is 4.17. The van der Waals surface area contributed by atoms with Crippen molar-refractivity contribution in [2.45, 2.75) is 32.8 Å². The summed E-state index contributed by atoms with van der Waals surface area (Å²) in [6.45, 7) is 6.16. The van der Waals surface area contributed by atoms with Gasteiger partial charge in [-0.3, -0.25) is 0 Å². The summed E-state index contributed by atoms with van der Waals surface area (Å²) in [5.41, 5.74) is -0.726. The maximum Gasteiger partial charge on any atom is 0.0913 e. The lowest BCUT2D eigenvalue weighted by Gasteiger charge is -2.38. The Morgan fingerprint density at radius 1 is 1.27 bits per heavy atom. The Hall–Kier alpha value is -0.560. The molecule has 1 aliphatic carbocycles. The highest BCUT2D eigenvalue weighted by Crippen LogP contribution is 2.36. The standard InChI is InChI=1S/C10H16O/c1-9(2,3)10(11)7-5-4-6-8-10/h4-7,11H,8H2,1-3H3. The summed E-state index contributed by atoms with van der Waals surface area (Å²) >= 11 is 0. The highest BCUT2D eigenvalue weighted by Gasteiger charge is 2.36. The number of hydrogen-bond donors (Lipinski definition) is 1. The first-order chi connectivity index (χ1) is 4.96. The van der Waals surface area contributed by atoms with Crippen LogP contribution in [0.1, 0.15) is 27.2 Å². The number of allylic oxidation sites excluding steroid dienone is 2. The molecule has 62 valence electrons. The molecule has 0 bridgehead atoms. The van der Waals surface area contributed by atoms with Crippen molar-refractivity contribution in [2.75, 3.05) is 0 Å². The summed E-state index contributed by atoms with van der Waals surface area (Å²) in [7, 11) is 0. The first-order valence-corrected chi connectivity index (χ1v) is 4.02. The van der Waals surface area contributed by atoms with Crippen LogP contribution in [0.2, 0.25) is 0 Å². The second-order valence-electron chi connectivity index (χ2n) is 4.17. The van der Waals surface area contributed by atoms with Crippen LogP contribution in [0.5, 0.6) is 0 Å². The summed E-state index contributed by atoms with van der Waals surface area (Å²) < 4.78 is 0. The van der Waals surface area contributed by atoms with E-state index in [2.05, 4.69) is 20.8 Å². The Morgan fingerprint density at radius 3 is 2.18 bits per heavy atom. The highest BCUT2D eigenvalue weighted by molar-refractivity contribution is 5.20. The molecular weight excluding hydrogens is 136 g/mol. The smallest absolute Gasteiger partial charge is 0.0913 e. The van der Waals surface area contributed by atoms with E-state index in [0.29, 0.717) is 0 Å². The van der Waals surface area contributed by atoms with Crippen molar-refractivity contribution >= 4 is 0 Å². The Labute approximate surface area is 68.4 Å². The van der Waals surface area contributed by atoms with Crippen LogP contribution in [0.4, 0.5) is 0 Å². The molecule has 0 aliphatic heterocycles. The van der Waals surface area contributed by atoms with Gasteiger partial charge in [0, 0.05) is 0 Å². The molecule has 0 aromatic rings. The fourth-order valence-electron chi connectivity index (χ4n) is 1.17. The van der Waals surface area contributed by atoms with Gasteiger partial charge in [0.15, 0.2) is 0 Å². The minimum absolute atomic E-state index is 0.0751. The summed E-state index contributed by atoms with van der Waals surface area (Å²) in [5, 5.41) is 10.1. The van der Waals surface area contributed by atoms with Gasteiger partial charge in [-0.1, -0.05) is 45.1 Å². The lowest BCUT2D eigenvalue weighted by atomic mass is 9.73. The number of rotatable bonds is 0. The molecule has 0 amide bonds. The first-order valence-electron chi connectivity index (χ1n) is 4.02. The van der Waals surface area contributed by atoms with Crippen molar-refractivity contribution in [3.8, 4) is 0 Å². The Kier molecular flexibility index (Phi) is 1.93. The Bertz CT molecular complexity index is 195. The van der Waals surface area contributed by atoms with Crippen LogP contribution < -0.4 is 0 Å². The maximum absolute atomic E-state index is 10.1. The maximum atomic E-state index is 10.1. The predicted molar refractivity (Wildman–Crippen MR) is 47.3 cm³/mol. The van der Waals surface area contributed by atoms with Gasteiger partial charge in [-0.15, -0.1) is 0 Å². The molecule has 0 spiro atoms. The topological polar surface area (TPSA) is 20.2 Å². The van der Waals surface area contributed by atoms with E-state index in [-0.39, 0.29) is 5.41 Å². The van der Waals surface area contributed by atoms with E-state index in [1.807, 2.05) is 24.3 Å². The molecule has 1 N–H and O–H groups in total. The fourth-order valence-corrected chi connectivity index (χ4v) is 1.17. The van der Waals surface area contributed by atoms with Crippen molar-refractivity contribution in [1.29, 1.82) is 0 Å². The van der Waals surface area contributed by atoms with Crippen molar-refractivity contribution in [1.82, 2.24) is 0 Å². The van der Waals surface area contributed by atoms with Gasteiger partial charge in [-0.05, 0) is 11.8 Å². The van der Waals surface area contributed by atoms with E-state index < -0.39 is 5.60 Å². The van der Waals surface area contributed by atoms with Gasteiger partial charge in [-0.2, -0.15) is 0 Å². The third kappa shape index (κ3) is 1.54. The van der Waals surface area contributed by atoms with Crippen molar-refractivity contribution in [2.24, 2.45) is 5.41 Å². The second kappa shape index (κ2) is 2.49. The van der Waals surface area contributed by atoms with Crippen LogP contribution in [-0.2, 0) is 0 Å². The van der Waals surface area contributed by atoms with Gasteiger partial charge in [0.05, 0.1) is 5.60 Å². The lowest BCUT2D eigenvalue weighted by molar-refractivity contribution is -0.0118. The van der Waals surface area contributed by atoms with Crippen LogP contribution in [0.3, 0.4) is 0 Å². The third-order valence-electron chi connectivity index (χ3n) is 2.35. The molecule has 0 fully saturated rings. The van der Waals surface area contributed by atoms with Gasteiger partial charge in [0.1, 0.15) is 0 Å². The number of aliphatic hydroxyl groups is 1. The monoisotopic (exact) mass is 152 g/mol. The zero-order valence-electron chi connectivity index (χ0n) is 7.46. The zero-order chi connectivity index (χ0) is 8.54. The zero-order valence-corrected chi connectivity index (χ0v) is 7.46. The summed E-state index contributed by atoms with van der Waals surface area (Å²) in [4.78, 5) is 0. The van der Waals surface area contributed by atoms with Crippen molar-refractivity contribution < 1.29 is 5.11 Å². The minimum Gasteiger partial charge on any atom is -0.385 e. The molecule has 0 saturated heterocycles. The summed E-state index contributed by atoms with van der Waals surface area (Å²) in [6.07, 6.45) is 8.50. The molecule has 0 radical (unpaired) electrons. The Morgan fingerprint density at radius 2 is 1.91 bits per heavy atom. The van der Waals surface area contributed by atoms with Crippen LogP contribution >= 0.6 is 0 Å². The van der Waals surface area contributed by atoms with Gasteiger partial charge in [-0.25, -0.2) is 0 Å². The molecule has 11 heavy (non-hydrogen) atoms. The normalized spacial score (nSPS) is 30.9. The molecular formula is C10H16O. The molecule has 0 aromatic carbocycles. The van der Waals surface area contributed by atoms with Crippen molar-refractivity contribution in [3.63, 3.8) is 0 Å². The fraction of sp³-hybridized carbons (Fsp3) is 0.600. The molecule has 1 heteroatoms. The van der Waals surface area contributed by atoms with Crippen LogP contribution in [0.25, 0.3) is 0 Å². The van der Waals surface area contributed by atoms with E-state index in [4.69, 9.17) is 0 Å². The predicted octanol–water partition coefficient (Wildman–Crippen LogP) is 2.28. The van der Waals surface area contributed by atoms with E-state index in [1.165, 1.54) is 0 Å². The highest BCUT2D eigenvalue weighted by atomic mass is 16.3. The quantitative estimate of drug-likeness (QED) is 0.564. The molecule has 1 atom stereocenters. The SMILES string of the molecule is CC(C)(C)C1(O)C=CC=CC1. The van der Waals surface area contributed by atoms with E-state index in [9.17, 15) is 5.11 Å². The van der Waals surface area contributed by atoms with Gasteiger partial charge in [0.25, 0.3) is 0 Å². The largest absolute Gasteiger partial charge is 0.385 e. The molecule has 1 aliphatic rings. The van der Waals surface area contributed by atoms with Crippen LogP contribution in [0.15, 0.2) is 24.3 Å². The van der Waals surface area contributed by atoms with Gasteiger partial charge >= 0.3 is 0 Å². The molecule has 1 unspecified atom stereocenters. The summed E-state index contributed by atoms with van der Waals surface area (Å²) in [5.74, 6) is 0. The van der Waals surface area contributed by atoms with E-state index in [0.717, 1.165) is 6.42 Å². The van der Waals surface area contributed by atoms with E-state index in [1.54, 1.807) is 0 Å². The molecule has 1 rings (SSSR count). The Balaban J connectivity index is 2.84. The third-order valence-corrected chi connectivity index (χ3v) is 2.35. The molecule has 0 saturated carbocycles. The molecule has 0 heterocycles. The summed E-state index contributed by atoms with van der Waals surface area (Å²) in [6, 6.07) is 0. The first kappa shape index (κ1) is 8.54. The average Bonchev–Trinajstić information content (AvgIpc) is 1.87. The van der Waals surface area contributed by atoms with Gasteiger partial charge < -0.3 is 5.11 Å². The molecule has 1 nitrogen and oxygen atoms in total. The minimum atomic E-state index is -0.651. The number of hydrogen-bond acceptors (Lipinski definition) is 1. The van der Waals surface area contributed by atoms with Crippen LogP contribution in [-0.4, -0.2) is 10.7 Å². The molecule has 0 aromatic heterocycles. The average molecular weight is 152 g/mol.